The summed E-state index contributed by atoms with van der Waals surface area (Å²) in [5.74, 6) is 0.947. The van der Waals surface area contributed by atoms with Crippen LogP contribution in [0.15, 0.2) is 66.3 Å². The summed E-state index contributed by atoms with van der Waals surface area (Å²) in [4.78, 5) is 11.9. The van der Waals surface area contributed by atoms with Crippen molar-refractivity contribution in [3.05, 3.63) is 72.3 Å². The molecule has 1 N–H and O–H groups in total. The largest absolute Gasteiger partial charge is 0.493 e. The van der Waals surface area contributed by atoms with E-state index in [0.717, 1.165) is 5.56 Å². The van der Waals surface area contributed by atoms with Crippen LogP contribution in [0.3, 0.4) is 0 Å². The van der Waals surface area contributed by atoms with Crippen LogP contribution >= 0.6 is 0 Å². The van der Waals surface area contributed by atoms with E-state index in [1.54, 1.807) is 55.8 Å². The number of nitrogens with one attached hydrogen (secondary N) is 1. The summed E-state index contributed by atoms with van der Waals surface area (Å²) in [5.41, 5.74) is 3.81. The third-order valence-electron chi connectivity index (χ3n) is 2.96. The average molecular weight is 310 g/mol. The lowest BCUT2D eigenvalue weighted by atomic mass is 10.2. The van der Waals surface area contributed by atoms with Crippen LogP contribution in [0.4, 0.5) is 0 Å². The number of carbonyl (C=O) groups excluding carboxylic acids is 1. The number of carbonyl (C=O) groups is 1. The van der Waals surface area contributed by atoms with Gasteiger partial charge in [-0.1, -0.05) is 30.9 Å². The van der Waals surface area contributed by atoms with Gasteiger partial charge in [-0.15, -0.1) is 0 Å². The molecule has 0 unspecified atom stereocenters. The molecule has 5 heteroatoms. The second-order valence-electron chi connectivity index (χ2n) is 4.58. The van der Waals surface area contributed by atoms with Crippen LogP contribution in [0.1, 0.15) is 15.9 Å². The van der Waals surface area contributed by atoms with E-state index in [9.17, 15) is 4.79 Å². The third-order valence-corrected chi connectivity index (χ3v) is 2.96. The molecule has 2 aromatic rings. The molecule has 0 heterocycles. The molecular weight excluding hydrogens is 292 g/mol. The van der Waals surface area contributed by atoms with Crippen molar-refractivity contribution in [2.45, 2.75) is 0 Å². The number of methoxy groups -OCH3 is 1. The van der Waals surface area contributed by atoms with Gasteiger partial charge in [0.15, 0.2) is 11.5 Å². The molecule has 0 aliphatic heterocycles. The summed E-state index contributed by atoms with van der Waals surface area (Å²) < 4.78 is 10.7. The molecule has 2 rings (SSSR count). The Morgan fingerprint density at radius 2 is 2.00 bits per heavy atom. The van der Waals surface area contributed by atoms with E-state index in [2.05, 4.69) is 17.1 Å². The van der Waals surface area contributed by atoms with E-state index in [0.29, 0.717) is 23.7 Å². The fourth-order valence-electron chi connectivity index (χ4n) is 1.85. The Kier molecular flexibility index (Phi) is 5.94. The fourth-order valence-corrected chi connectivity index (χ4v) is 1.85. The molecule has 0 bridgehead atoms. The van der Waals surface area contributed by atoms with Gasteiger partial charge in [-0.05, 0) is 35.9 Å². The number of rotatable bonds is 7. The van der Waals surface area contributed by atoms with Crippen LogP contribution in [-0.2, 0) is 0 Å². The molecule has 5 nitrogen and oxygen atoms in total. The summed E-state index contributed by atoms with van der Waals surface area (Å²) in [6, 6.07) is 14.3. The summed E-state index contributed by atoms with van der Waals surface area (Å²) in [7, 11) is 1.56. The Balaban J connectivity index is 2.02. The second-order valence-corrected chi connectivity index (χ2v) is 4.58. The molecule has 0 atom stereocenters. The van der Waals surface area contributed by atoms with E-state index in [1.165, 1.54) is 0 Å². The molecule has 2 aromatic carbocycles. The summed E-state index contributed by atoms with van der Waals surface area (Å²) in [6.07, 6.45) is 3.20. The first-order chi connectivity index (χ1) is 11.2. The van der Waals surface area contributed by atoms with Gasteiger partial charge in [0.25, 0.3) is 5.91 Å². The maximum Gasteiger partial charge on any atom is 0.271 e. The molecule has 1 amide bonds. The van der Waals surface area contributed by atoms with E-state index in [1.807, 2.05) is 12.1 Å². The molecule has 118 valence electrons. The molecule has 0 saturated heterocycles. The smallest absolute Gasteiger partial charge is 0.271 e. The van der Waals surface area contributed by atoms with E-state index < -0.39 is 0 Å². The zero-order chi connectivity index (χ0) is 16.5. The lowest BCUT2D eigenvalue weighted by Gasteiger charge is -2.09. The first-order valence-corrected chi connectivity index (χ1v) is 7.04. The van der Waals surface area contributed by atoms with Crippen molar-refractivity contribution in [2.24, 2.45) is 5.10 Å². The lowest BCUT2D eigenvalue weighted by molar-refractivity contribution is 0.0955. The van der Waals surface area contributed by atoms with Gasteiger partial charge in [0, 0.05) is 5.56 Å². The minimum Gasteiger partial charge on any atom is -0.493 e. The molecular formula is C18H18N2O3. The highest BCUT2D eigenvalue weighted by Crippen LogP contribution is 2.27. The van der Waals surface area contributed by atoms with Gasteiger partial charge in [-0.2, -0.15) is 5.10 Å². The zero-order valence-corrected chi connectivity index (χ0v) is 12.9. The van der Waals surface area contributed by atoms with E-state index in [-0.39, 0.29) is 5.91 Å². The predicted molar refractivity (Wildman–Crippen MR) is 90.2 cm³/mol. The summed E-state index contributed by atoms with van der Waals surface area (Å²) in [6.45, 7) is 4.00. The highest BCUT2D eigenvalue weighted by Gasteiger charge is 2.05. The first-order valence-electron chi connectivity index (χ1n) is 7.04. The van der Waals surface area contributed by atoms with E-state index >= 15 is 0 Å². The molecule has 0 fully saturated rings. The van der Waals surface area contributed by atoms with Crippen LogP contribution in [0.5, 0.6) is 11.5 Å². The van der Waals surface area contributed by atoms with Crippen molar-refractivity contribution >= 4 is 12.1 Å². The van der Waals surface area contributed by atoms with Crippen LogP contribution < -0.4 is 14.9 Å². The molecule has 0 aromatic heterocycles. The monoisotopic (exact) mass is 310 g/mol. The van der Waals surface area contributed by atoms with Crippen LogP contribution in [0, 0.1) is 0 Å². The number of benzene rings is 2. The third kappa shape index (κ3) is 4.71. The number of amides is 1. The van der Waals surface area contributed by atoms with Gasteiger partial charge in [0.1, 0.15) is 6.61 Å². The molecule has 0 spiro atoms. The highest BCUT2D eigenvalue weighted by molar-refractivity contribution is 5.94. The topological polar surface area (TPSA) is 59.9 Å². The number of hydrogen-bond acceptors (Lipinski definition) is 4. The predicted octanol–water partition coefficient (Wildman–Crippen LogP) is 3.02. The lowest BCUT2D eigenvalue weighted by Crippen LogP contribution is -2.17. The number of hydrazone groups is 1. The maximum atomic E-state index is 11.9. The zero-order valence-electron chi connectivity index (χ0n) is 12.9. The molecule has 0 radical (unpaired) electrons. The molecule has 0 saturated carbocycles. The summed E-state index contributed by atoms with van der Waals surface area (Å²) >= 11 is 0. The minimum atomic E-state index is -0.264. The van der Waals surface area contributed by atoms with Gasteiger partial charge >= 0.3 is 0 Å². The normalized spacial score (nSPS) is 10.3. The quantitative estimate of drug-likeness (QED) is 0.486. The molecule has 0 aliphatic rings. The van der Waals surface area contributed by atoms with Crippen molar-refractivity contribution in [2.75, 3.05) is 13.7 Å². The van der Waals surface area contributed by atoms with Gasteiger partial charge in [0.2, 0.25) is 0 Å². The van der Waals surface area contributed by atoms with Crippen molar-refractivity contribution < 1.29 is 14.3 Å². The Labute approximate surface area is 135 Å². The second kappa shape index (κ2) is 8.38. The number of ether oxygens (including phenoxy) is 2. The maximum absolute atomic E-state index is 11.9. The van der Waals surface area contributed by atoms with Gasteiger partial charge in [-0.25, -0.2) is 5.43 Å². The SMILES string of the molecule is C=CCOc1ccc(/C=N\NC(=O)c2ccccc2)cc1OC. The fraction of sp³-hybridized carbons (Fsp3) is 0.111. The van der Waals surface area contributed by atoms with Crippen LogP contribution in [0.2, 0.25) is 0 Å². The Morgan fingerprint density at radius 1 is 1.22 bits per heavy atom. The van der Waals surface area contributed by atoms with Crippen molar-refractivity contribution in [3.8, 4) is 11.5 Å². The van der Waals surface area contributed by atoms with Crippen molar-refractivity contribution in [1.82, 2.24) is 5.43 Å². The standard InChI is InChI=1S/C18H18N2O3/c1-3-11-23-16-10-9-14(12-17(16)22-2)13-19-20-18(21)15-7-5-4-6-8-15/h3-10,12-13H,1,11H2,2H3,(H,20,21)/b19-13-. The molecule has 0 aliphatic carbocycles. The highest BCUT2D eigenvalue weighted by atomic mass is 16.5. The molecule has 23 heavy (non-hydrogen) atoms. The Bertz CT molecular complexity index is 697. The van der Waals surface area contributed by atoms with E-state index in [4.69, 9.17) is 9.47 Å². The Hall–Kier alpha value is -3.08. The van der Waals surface area contributed by atoms with Crippen molar-refractivity contribution in [3.63, 3.8) is 0 Å². The average Bonchev–Trinajstić information content (AvgIpc) is 2.61. The van der Waals surface area contributed by atoms with Crippen molar-refractivity contribution in [1.29, 1.82) is 0 Å². The van der Waals surface area contributed by atoms with Gasteiger partial charge in [0.05, 0.1) is 13.3 Å². The summed E-state index contributed by atoms with van der Waals surface area (Å²) in [5, 5.41) is 3.95. The van der Waals surface area contributed by atoms with Crippen LogP contribution in [-0.4, -0.2) is 25.8 Å². The number of nitrogens with zero attached hydrogens (tertiary/aromatic N) is 1. The van der Waals surface area contributed by atoms with Crippen LogP contribution in [0.25, 0.3) is 0 Å². The Morgan fingerprint density at radius 3 is 2.70 bits per heavy atom. The minimum absolute atomic E-state index is 0.264. The number of hydrogen-bond donors (Lipinski definition) is 1. The van der Waals surface area contributed by atoms with Gasteiger partial charge in [-0.3, -0.25) is 4.79 Å². The van der Waals surface area contributed by atoms with Gasteiger partial charge < -0.3 is 9.47 Å². The first kappa shape index (κ1) is 16.3.